The first-order valence-electron chi connectivity index (χ1n) is 12.8. The Balaban J connectivity index is 1.72. The predicted octanol–water partition coefficient (Wildman–Crippen LogP) is 5.07. The van der Waals surface area contributed by atoms with Gasteiger partial charge < -0.3 is 24.6 Å². The van der Waals surface area contributed by atoms with Gasteiger partial charge in [-0.25, -0.2) is 4.99 Å². The van der Waals surface area contributed by atoms with E-state index in [2.05, 4.69) is 5.32 Å². The first-order valence-corrected chi connectivity index (χ1v) is 13.7. The molecule has 2 heterocycles. The fourth-order valence-electron chi connectivity index (χ4n) is 4.53. The van der Waals surface area contributed by atoms with Gasteiger partial charge in [-0.15, -0.1) is 0 Å². The van der Waals surface area contributed by atoms with Gasteiger partial charge in [0.15, 0.2) is 5.17 Å². The standard InChI is InChI=1S/C29H34N4O4S/c1-5-32(6-2)28(35)26-20(3)31-29-33(22(19-38-29)18-25(34)30-15-16-36-4)27(26)21-11-10-14-24(17-21)37-23-12-8-7-9-13-23/h7-14,17,19,27H,5-6,15-16,18H2,1-4H3,(H,30,34)/t27-/m1/s1. The lowest BCUT2D eigenvalue weighted by molar-refractivity contribution is -0.127. The highest BCUT2D eigenvalue weighted by Gasteiger charge is 2.41. The fraction of sp³-hybridized carbons (Fsp3) is 0.345. The van der Waals surface area contributed by atoms with Gasteiger partial charge in [0.2, 0.25) is 5.91 Å². The third-order valence-corrected chi connectivity index (χ3v) is 7.29. The number of amidine groups is 1. The van der Waals surface area contributed by atoms with Crippen molar-refractivity contribution in [1.29, 1.82) is 0 Å². The number of carbonyl (C=O) groups excluding carboxylic acids is 2. The molecule has 1 atom stereocenters. The van der Waals surface area contributed by atoms with Gasteiger partial charge in [0.1, 0.15) is 11.5 Å². The monoisotopic (exact) mass is 534 g/mol. The number of nitrogens with one attached hydrogen (secondary N) is 1. The number of methoxy groups -OCH3 is 1. The molecule has 0 saturated heterocycles. The van der Waals surface area contributed by atoms with Crippen LogP contribution in [-0.2, 0) is 14.3 Å². The van der Waals surface area contributed by atoms with Crippen LogP contribution in [0.15, 0.2) is 82.0 Å². The molecule has 0 unspecified atom stereocenters. The quantitative estimate of drug-likeness (QED) is 0.405. The average Bonchev–Trinajstić information content (AvgIpc) is 3.31. The molecule has 0 aliphatic carbocycles. The Bertz CT molecular complexity index is 1250. The molecular weight excluding hydrogens is 500 g/mol. The molecule has 4 rings (SSSR count). The SMILES string of the molecule is CCN(CC)C(=O)C1=C(C)N=C2SC=C(CC(=O)NCCOC)N2[C@@H]1c1cccc(Oc2ccccc2)c1. The number of hydrogen-bond acceptors (Lipinski definition) is 7. The van der Waals surface area contributed by atoms with Crippen molar-refractivity contribution in [2.45, 2.75) is 33.2 Å². The van der Waals surface area contributed by atoms with Crippen molar-refractivity contribution in [2.24, 2.45) is 4.99 Å². The van der Waals surface area contributed by atoms with Crippen LogP contribution >= 0.6 is 11.8 Å². The second kappa shape index (κ2) is 12.8. The fourth-order valence-corrected chi connectivity index (χ4v) is 5.50. The lowest BCUT2D eigenvalue weighted by Gasteiger charge is -2.38. The van der Waals surface area contributed by atoms with Crippen LogP contribution < -0.4 is 10.1 Å². The van der Waals surface area contributed by atoms with E-state index >= 15 is 0 Å². The Morgan fingerprint density at radius 2 is 1.82 bits per heavy atom. The Hall–Kier alpha value is -3.56. The van der Waals surface area contributed by atoms with Gasteiger partial charge in [0.25, 0.3) is 5.91 Å². The number of ether oxygens (including phenoxy) is 2. The Kier molecular flexibility index (Phi) is 9.25. The minimum Gasteiger partial charge on any atom is -0.457 e. The molecule has 8 nitrogen and oxygen atoms in total. The molecule has 2 aromatic carbocycles. The van der Waals surface area contributed by atoms with Crippen LogP contribution in [0, 0.1) is 0 Å². The van der Waals surface area contributed by atoms with Crippen molar-refractivity contribution >= 4 is 28.7 Å². The van der Waals surface area contributed by atoms with E-state index in [9.17, 15) is 9.59 Å². The van der Waals surface area contributed by atoms with E-state index < -0.39 is 6.04 Å². The molecule has 0 saturated carbocycles. The second-order valence-corrected chi connectivity index (χ2v) is 9.71. The predicted molar refractivity (Wildman–Crippen MR) is 151 cm³/mol. The topological polar surface area (TPSA) is 83.5 Å². The van der Waals surface area contributed by atoms with Gasteiger partial charge in [0, 0.05) is 32.4 Å². The van der Waals surface area contributed by atoms with Crippen LogP contribution in [0.25, 0.3) is 0 Å². The van der Waals surface area contributed by atoms with Crippen LogP contribution in [0.4, 0.5) is 0 Å². The largest absolute Gasteiger partial charge is 0.457 e. The minimum absolute atomic E-state index is 0.0597. The maximum Gasteiger partial charge on any atom is 0.254 e. The highest BCUT2D eigenvalue weighted by Crippen LogP contribution is 2.45. The second-order valence-electron chi connectivity index (χ2n) is 8.88. The smallest absolute Gasteiger partial charge is 0.254 e. The molecule has 0 spiro atoms. The van der Waals surface area contributed by atoms with Crippen molar-refractivity contribution < 1.29 is 19.1 Å². The molecule has 200 valence electrons. The van der Waals surface area contributed by atoms with Crippen molar-refractivity contribution in [3.05, 3.63) is 82.5 Å². The van der Waals surface area contributed by atoms with Gasteiger partial charge in [-0.05, 0) is 56.0 Å². The summed E-state index contributed by atoms with van der Waals surface area (Å²) in [6.07, 6.45) is 0.165. The van der Waals surface area contributed by atoms with E-state index in [1.54, 1.807) is 12.0 Å². The molecule has 0 fully saturated rings. The normalized spacial score (nSPS) is 16.5. The number of thioether (sulfide) groups is 1. The third-order valence-electron chi connectivity index (χ3n) is 6.40. The number of allylic oxidation sites excluding steroid dienone is 1. The van der Waals surface area contributed by atoms with Crippen LogP contribution in [0.1, 0.15) is 38.8 Å². The number of nitrogens with zero attached hydrogens (tertiary/aromatic N) is 3. The highest BCUT2D eigenvalue weighted by molar-refractivity contribution is 8.16. The minimum atomic E-state index is -0.456. The Labute approximate surface area is 228 Å². The van der Waals surface area contributed by atoms with E-state index in [0.29, 0.717) is 43.3 Å². The summed E-state index contributed by atoms with van der Waals surface area (Å²) in [5.74, 6) is 1.22. The van der Waals surface area contributed by atoms with Crippen LogP contribution in [0.2, 0.25) is 0 Å². The molecule has 2 aliphatic rings. The Morgan fingerprint density at radius 3 is 2.53 bits per heavy atom. The lowest BCUT2D eigenvalue weighted by Crippen LogP contribution is -2.42. The maximum atomic E-state index is 13.8. The van der Waals surface area contributed by atoms with E-state index in [4.69, 9.17) is 14.5 Å². The molecule has 9 heteroatoms. The molecule has 0 aromatic heterocycles. The summed E-state index contributed by atoms with van der Waals surface area (Å²) in [6, 6.07) is 16.9. The van der Waals surface area contributed by atoms with Gasteiger partial charge in [0.05, 0.1) is 30.3 Å². The van der Waals surface area contributed by atoms with Gasteiger partial charge in [-0.2, -0.15) is 0 Å². The zero-order chi connectivity index (χ0) is 27.1. The highest BCUT2D eigenvalue weighted by atomic mass is 32.2. The number of amides is 2. The first kappa shape index (κ1) is 27.5. The third kappa shape index (κ3) is 6.11. The molecule has 0 radical (unpaired) electrons. The molecule has 1 N–H and O–H groups in total. The summed E-state index contributed by atoms with van der Waals surface area (Å²) in [5, 5.41) is 5.58. The summed E-state index contributed by atoms with van der Waals surface area (Å²) < 4.78 is 11.2. The first-order chi connectivity index (χ1) is 18.5. The summed E-state index contributed by atoms with van der Waals surface area (Å²) >= 11 is 1.47. The van der Waals surface area contributed by atoms with Crippen molar-refractivity contribution in [1.82, 2.24) is 15.1 Å². The summed E-state index contributed by atoms with van der Waals surface area (Å²) in [6.45, 7) is 7.88. The van der Waals surface area contributed by atoms with Gasteiger partial charge in [-0.3, -0.25) is 9.59 Å². The van der Waals surface area contributed by atoms with Gasteiger partial charge in [-0.1, -0.05) is 42.1 Å². The molecule has 38 heavy (non-hydrogen) atoms. The Morgan fingerprint density at radius 1 is 1.08 bits per heavy atom. The van der Waals surface area contributed by atoms with E-state index in [0.717, 1.165) is 22.2 Å². The van der Waals surface area contributed by atoms with Crippen LogP contribution in [-0.4, -0.2) is 60.1 Å². The zero-order valence-corrected chi connectivity index (χ0v) is 23.1. The summed E-state index contributed by atoms with van der Waals surface area (Å²) in [4.78, 5) is 35.2. The van der Waals surface area contributed by atoms with E-state index in [1.807, 2.05) is 85.7 Å². The number of rotatable bonds is 11. The number of carbonyl (C=O) groups is 2. The number of para-hydroxylation sites is 1. The lowest BCUT2D eigenvalue weighted by atomic mass is 9.92. The maximum absolute atomic E-state index is 13.8. The number of aliphatic imine (C=N–C) groups is 1. The van der Waals surface area contributed by atoms with E-state index in [-0.39, 0.29) is 18.2 Å². The molecular formula is C29H34N4O4S. The average molecular weight is 535 g/mol. The molecule has 2 aromatic rings. The van der Waals surface area contributed by atoms with Crippen molar-refractivity contribution in [3.8, 4) is 11.5 Å². The van der Waals surface area contributed by atoms with E-state index in [1.165, 1.54) is 11.8 Å². The van der Waals surface area contributed by atoms with Crippen LogP contribution in [0.5, 0.6) is 11.5 Å². The molecule has 2 aliphatic heterocycles. The molecule has 0 bridgehead atoms. The number of benzene rings is 2. The summed E-state index contributed by atoms with van der Waals surface area (Å²) in [7, 11) is 1.60. The number of hydrogen-bond donors (Lipinski definition) is 1. The van der Waals surface area contributed by atoms with Crippen LogP contribution in [0.3, 0.4) is 0 Å². The zero-order valence-electron chi connectivity index (χ0n) is 22.3. The van der Waals surface area contributed by atoms with Crippen molar-refractivity contribution in [2.75, 3.05) is 33.4 Å². The summed E-state index contributed by atoms with van der Waals surface area (Å²) in [5.41, 5.74) is 2.95. The van der Waals surface area contributed by atoms with Gasteiger partial charge >= 0.3 is 0 Å². The van der Waals surface area contributed by atoms with Crippen molar-refractivity contribution in [3.63, 3.8) is 0 Å². The number of fused-ring (bicyclic) bond motifs is 1. The molecule has 2 amide bonds. The number of likely N-dealkylation sites (N-methyl/N-ethyl adjacent to an activating group) is 1.